The average molecular weight is 490 g/mol. The van der Waals surface area contributed by atoms with Gasteiger partial charge >= 0.3 is 5.97 Å². The molecule has 1 aliphatic heterocycles. The summed E-state index contributed by atoms with van der Waals surface area (Å²) in [5, 5.41) is 43.2. The van der Waals surface area contributed by atoms with Crippen molar-refractivity contribution in [2.45, 2.75) is 49.5 Å². The van der Waals surface area contributed by atoms with Crippen molar-refractivity contribution in [3.8, 4) is 0 Å². The number of nitrogens with zero attached hydrogens (tertiary/aromatic N) is 1. The highest BCUT2D eigenvalue weighted by Gasteiger charge is 2.39. The molecule has 0 bridgehead atoms. The molecule has 16 nitrogen and oxygen atoms in total. The molecule has 0 aromatic carbocycles. The van der Waals surface area contributed by atoms with Crippen LogP contribution in [0.3, 0.4) is 0 Å². The molecule has 0 spiro atoms. The smallest absolute Gasteiger partial charge is 0.328 e. The molecule has 1 aliphatic rings. The first-order valence-electron chi connectivity index (χ1n) is 10.3. The van der Waals surface area contributed by atoms with Gasteiger partial charge in [-0.05, 0) is 12.8 Å². The van der Waals surface area contributed by atoms with Gasteiger partial charge in [0.15, 0.2) is 0 Å². The molecule has 1 saturated heterocycles. The molecule has 34 heavy (non-hydrogen) atoms. The van der Waals surface area contributed by atoms with E-state index in [1.807, 2.05) is 5.32 Å². The van der Waals surface area contributed by atoms with Crippen molar-refractivity contribution in [3.63, 3.8) is 0 Å². The van der Waals surface area contributed by atoms with Crippen molar-refractivity contribution < 1.29 is 49.2 Å². The Bertz CT molecular complexity index is 793. The van der Waals surface area contributed by atoms with E-state index < -0.39 is 92.0 Å². The van der Waals surface area contributed by atoms with Crippen LogP contribution < -0.4 is 27.4 Å². The van der Waals surface area contributed by atoms with Crippen molar-refractivity contribution in [1.29, 1.82) is 0 Å². The number of carboxylic acids is 1. The van der Waals surface area contributed by atoms with Crippen LogP contribution in [0.25, 0.3) is 0 Å². The van der Waals surface area contributed by atoms with Gasteiger partial charge in [0, 0.05) is 6.54 Å². The van der Waals surface area contributed by atoms with E-state index in [1.165, 1.54) is 0 Å². The fourth-order valence-corrected chi connectivity index (χ4v) is 3.20. The lowest BCUT2D eigenvalue weighted by atomic mass is 10.1. The number of nitrogens with two attached hydrogens (primary N) is 2. The third-order valence-corrected chi connectivity index (χ3v) is 5.01. The molecule has 11 N–H and O–H groups in total. The summed E-state index contributed by atoms with van der Waals surface area (Å²) < 4.78 is 0. The maximum Gasteiger partial charge on any atom is 0.328 e. The van der Waals surface area contributed by atoms with Crippen LogP contribution in [0.5, 0.6) is 0 Å². The highest BCUT2D eigenvalue weighted by atomic mass is 16.4. The third kappa shape index (κ3) is 7.91. The van der Waals surface area contributed by atoms with Gasteiger partial charge in [0.25, 0.3) is 0 Å². The molecule has 0 unspecified atom stereocenters. The second kappa shape index (κ2) is 13.4. The SMILES string of the molecule is NC(=O)C[C@H](N)C(=O)N[C@@H](CO)C(=O)N1CCC[C@H]1C(=O)N[C@@H](CO)C(=O)N[C@@H](CO)C(=O)O. The number of hydrogen-bond acceptors (Lipinski definition) is 10. The van der Waals surface area contributed by atoms with Crippen LogP contribution in [0.4, 0.5) is 0 Å². The zero-order chi connectivity index (χ0) is 26.0. The molecule has 0 aliphatic carbocycles. The van der Waals surface area contributed by atoms with E-state index in [0.29, 0.717) is 6.42 Å². The van der Waals surface area contributed by atoms with Gasteiger partial charge in [0.05, 0.1) is 32.3 Å². The maximum atomic E-state index is 12.8. The number of aliphatic hydroxyl groups excluding tert-OH is 3. The quantitative estimate of drug-likeness (QED) is 0.117. The summed E-state index contributed by atoms with van der Waals surface area (Å²) in [6.45, 7) is -2.57. The zero-order valence-electron chi connectivity index (χ0n) is 18.2. The molecule has 1 heterocycles. The van der Waals surface area contributed by atoms with Crippen LogP contribution in [0.2, 0.25) is 0 Å². The van der Waals surface area contributed by atoms with Crippen molar-refractivity contribution in [2.24, 2.45) is 11.5 Å². The Balaban J connectivity index is 2.85. The van der Waals surface area contributed by atoms with E-state index in [4.69, 9.17) is 21.7 Å². The largest absolute Gasteiger partial charge is 0.480 e. The van der Waals surface area contributed by atoms with Gasteiger partial charge < -0.3 is 52.7 Å². The molecule has 5 atom stereocenters. The molecule has 192 valence electrons. The molecule has 0 saturated carbocycles. The Morgan fingerprint density at radius 2 is 1.44 bits per heavy atom. The second-order valence-electron chi connectivity index (χ2n) is 7.54. The number of carbonyl (C=O) groups is 6. The fraction of sp³-hybridized carbons (Fsp3) is 0.667. The first-order valence-corrected chi connectivity index (χ1v) is 10.3. The molecule has 16 heteroatoms. The van der Waals surface area contributed by atoms with Crippen molar-refractivity contribution in [1.82, 2.24) is 20.9 Å². The van der Waals surface area contributed by atoms with Crippen LogP contribution in [0.1, 0.15) is 19.3 Å². The van der Waals surface area contributed by atoms with Crippen LogP contribution >= 0.6 is 0 Å². The number of rotatable bonds is 13. The van der Waals surface area contributed by atoms with Crippen molar-refractivity contribution in [2.75, 3.05) is 26.4 Å². The topological polar surface area (TPSA) is 275 Å². The van der Waals surface area contributed by atoms with E-state index in [9.17, 15) is 39.0 Å². The Hall–Kier alpha value is -3.34. The van der Waals surface area contributed by atoms with Crippen LogP contribution in [-0.4, -0.2) is 117 Å². The van der Waals surface area contributed by atoms with Gasteiger partial charge in [-0.3, -0.25) is 24.0 Å². The van der Waals surface area contributed by atoms with Gasteiger partial charge in [-0.1, -0.05) is 0 Å². The van der Waals surface area contributed by atoms with E-state index in [1.54, 1.807) is 0 Å². The predicted molar refractivity (Wildman–Crippen MR) is 111 cm³/mol. The Labute approximate surface area is 193 Å². The summed E-state index contributed by atoms with van der Waals surface area (Å²) in [5.41, 5.74) is 10.5. The van der Waals surface area contributed by atoms with Crippen LogP contribution in [-0.2, 0) is 28.8 Å². The molecule has 0 aromatic rings. The number of aliphatic carboxylic acids is 1. The Kier molecular flexibility index (Phi) is 11.3. The van der Waals surface area contributed by atoms with Gasteiger partial charge in [-0.25, -0.2) is 4.79 Å². The molecule has 5 amide bonds. The number of carbonyl (C=O) groups excluding carboxylic acids is 5. The summed E-state index contributed by atoms with van der Waals surface area (Å²) in [7, 11) is 0. The van der Waals surface area contributed by atoms with Gasteiger partial charge in [-0.2, -0.15) is 0 Å². The number of primary amides is 1. The van der Waals surface area contributed by atoms with Gasteiger partial charge in [0.1, 0.15) is 24.2 Å². The first-order chi connectivity index (χ1) is 16.0. The molecule has 1 rings (SSSR count). The third-order valence-electron chi connectivity index (χ3n) is 5.01. The normalized spacial score (nSPS) is 18.8. The zero-order valence-corrected chi connectivity index (χ0v) is 18.2. The minimum Gasteiger partial charge on any atom is -0.480 e. The molecular formula is C18H30N6O10. The standard InChI is InChI=1S/C18H30N6O10/c19-8(4-13(20)28)14(29)22-10(6-26)17(32)24-3-1-2-12(24)16(31)21-9(5-25)15(30)23-11(7-27)18(33)34/h8-12,25-27H,1-7,19H2,(H2,20,28)(H,21,31)(H,22,29)(H,23,30)(H,33,34)/t8-,9-,10-,11-,12-/m0/s1. The summed E-state index contributed by atoms with van der Waals surface area (Å²) in [6, 6.07) is -7.17. The molecular weight excluding hydrogens is 460 g/mol. The monoisotopic (exact) mass is 490 g/mol. The number of aliphatic hydroxyl groups is 3. The number of hydrogen-bond donors (Lipinski definition) is 9. The number of nitrogens with one attached hydrogen (secondary N) is 3. The highest BCUT2D eigenvalue weighted by Crippen LogP contribution is 2.19. The average Bonchev–Trinajstić information content (AvgIpc) is 3.27. The van der Waals surface area contributed by atoms with Crippen LogP contribution in [0.15, 0.2) is 0 Å². The summed E-state index contributed by atoms with van der Waals surface area (Å²) in [4.78, 5) is 72.7. The number of likely N-dealkylation sites (tertiary alicyclic amines) is 1. The Morgan fingerprint density at radius 3 is 1.94 bits per heavy atom. The minimum atomic E-state index is -1.65. The van der Waals surface area contributed by atoms with E-state index in [-0.39, 0.29) is 13.0 Å². The van der Waals surface area contributed by atoms with Gasteiger partial charge in [-0.15, -0.1) is 0 Å². The predicted octanol–water partition coefficient (Wildman–Crippen LogP) is -6.30. The lowest BCUT2D eigenvalue weighted by molar-refractivity contribution is -0.145. The van der Waals surface area contributed by atoms with E-state index in [2.05, 4.69) is 10.6 Å². The highest BCUT2D eigenvalue weighted by molar-refractivity contribution is 5.96. The minimum absolute atomic E-state index is 0.0816. The fourth-order valence-electron chi connectivity index (χ4n) is 3.20. The second-order valence-corrected chi connectivity index (χ2v) is 7.54. The lowest BCUT2D eigenvalue weighted by Crippen LogP contribution is -2.59. The maximum absolute atomic E-state index is 12.8. The first kappa shape index (κ1) is 28.7. The number of amides is 5. The molecule has 0 aromatic heterocycles. The molecule has 1 fully saturated rings. The van der Waals surface area contributed by atoms with Crippen LogP contribution in [0, 0.1) is 0 Å². The summed E-state index contributed by atoms with van der Waals surface area (Å²) in [6.07, 6.45) is 0.0499. The molecule has 0 radical (unpaired) electrons. The Morgan fingerprint density at radius 1 is 0.882 bits per heavy atom. The van der Waals surface area contributed by atoms with Crippen molar-refractivity contribution >= 4 is 35.5 Å². The summed E-state index contributed by atoms with van der Waals surface area (Å²) in [5.74, 6) is -6.03. The summed E-state index contributed by atoms with van der Waals surface area (Å²) >= 11 is 0. The van der Waals surface area contributed by atoms with Gasteiger partial charge in [0.2, 0.25) is 29.5 Å². The number of carboxylic acid groups (broad SMARTS) is 1. The van der Waals surface area contributed by atoms with Crippen molar-refractivity contribution in [3.05, 3.63) is 0 Å². The lowest BCUT2D eigenvalue weighted by Gasteiger charge is -2.29. The van der Waals surface area contributed by atoms with E-state index in [0.717, 1.165) is 4.90 Å². The van der Waals surface area contributed by atoms with E-state index >= 15 is 0 Å².